The predicted molar refractivity (Wildman–Crippen MR) is 118 cm³/mol. The van der Waals surface area contributed by atoms with Crippen molar-refractivity contribution in [3.05, 3.63) is 53.1 Å². The first kappa shape index (κ1) is 25.2. The molecule has 0 radical (unpaired) electrons. The third-order valence-electron chi connectivity index (χ3n) is 3.97. The van der Waals surface area contributed by atoms with Gasteiger partial charge in [0, 0.05) is 31.9 Å². The van der Waals surface area contributed by atoms with Gasteiger partial charge in [-0.2, -0.15) is 0 Å². The fraction of sp³-hybridized carbons (Fsp3) is 0.316. The zero-order chi connectivity index (χ0) is 18.2. The van der Waals surface area contributed by atoms with Crippen LogP contribution in [0.2, 0.25) is 5.02 Å². The van der Waals surface area contributed by atoms with Crippen LogP contribution < -0.4 is 20.7 Å². The molecule has 27 heavy (non-hydrogen) atoms. The van der Waals surface area contributed by atoms with E-state index in [0.29, 0.717) is 28.6 Å². The Labute approximate surface area is 178 Å². The lowest BCUT2D eigenvalue weighted by molar-refractivity contribution is 0.0950. The van der Waals surface area contributed by atoms with E-state index in [1.54, 1.807) is 6.07 Å². The van der Waals surface area contributed by atoms with Crippen LogP contribution >= 0.6 is 36.4 Å². The number of unbranched alkanes of at least 4 members (excludes halogenated alkanes) is 1. The normalized spacial score (nSPS) is 9.59. The number of nitrogen functional groups attached to an aromatic ring is 1. The number of amides is 1. The smallest absolute Gasteiger partial charge is 0.255 e. The zero-order valence-corrected chi connectivity index (χ0v) is 17.8. The maximum atomic E-state index is 12.3. The molecule has 2 rings (SSSR count). The van der Waals surface area contributed by atoms with Crippen molar-refractivity contribution in [1.82, 2.24) is 5.32 Å². The maximum absolute atomic E-state index is 12.3. The van der Waals surface area contributed by atoms with Gasteiger partial charge in [0.05, 0.1) is 23.4 Å². The molecule has 2 aromatic carbocycles. The average molecular weight is 435 g/mol. The highest BCUT2D eigenvalue weighted by Gasteiger charge is 2.14. The molecule has 3 N–H and O–H groups in total. The Hall–Kier alpha value is -1.82. The highest BCUT2D eigenvalue weighted by atomic mass is 35.5. The number of hydrogen-bond donors (Lipinski definition) is 2. The largest absolute Gasteiger partial charge is 0.496 e. The minimum Gasteiger partial charge on any atom is -0.496 e. The summed E-state index contributed by atoms with van der Waals surface area (Å²) < 4.78 is 5.20. The van der Waals surface area contributed by atoms with Crippen LogP contribution in [0.4, 0.5) is 11.4 Å². The first-order valence-corrected chi connectivity index (χ1v) is 8.58. The number of carbonyl (C=O) groups excluding carboxylic acids is 1. The third kappa shape index (κ3) is 7.37. The lowest BCUT2D eigenvalue weighted by Crippen LogP contribution is -2.26. The van der Waals surface area contributed by atoms with Crippen molar-refractivity contribution in [2.45, 2.75) is 12.8 Å². The van der Waals surface area contributed by atoms with Crippen LogP contribution in [0.25, 0.3) is 0 Å². The molecule has 2 aromatic rings. The number of nitrogens with zero attached hydrogens (tertiary/aromatic N) is 1. The van der Waals surface area contributed by atoms with E-state index in [-0.39, 0.29) is 30.7 Å². The number of para-hydroxylation sites is 1. The zero-order valence-electron chi connectivity index (χ0n) is 15.4. The summed E-state index contributed by atoms with van der Waals surface area (Å²) in [6.45, 7) is 1.52. The minimum absolute atomic E-state index is 0. The van der Waals surface area contributed by atoms with Gasteiger partial charge < -0.3 is 20.7 Å². The van der Waals surface area contributed by atoms with Crippen molar-refractivity contribution in [3.63, 3.8) is 0 Å². The van der Waals surface area contributed by atoms with Gasteiger partial charge in [-0.25, -0.2) is 0 Å². The SMILES string of the molecule is COc1cc(N)c(Cl)cc1C(=O)NCCCCN(C)c1ccccc1.Cl.Cl. The average Bonchev–Trinajstić information content (AvgIpc) is 2.63. The Morgan fingerprint density at radius 2 is 1.85 bits per heavy atom. The van der Waals surface area contributed by atoms with E-state index in [0.717, 1.165) is 19.4 Å². The number of halogens is 3. The van der Waals surface area contributed by atoms with Gasteiger partial charge in [-0.1, -0.05) is 29.8 Å². The second-order valence-corrected chi connectivity index (χ2v) is 6.20. The molecule has 0 heterocycles. The number of ether oxygens (including phenoxy) is 1. The number of hydrogen-bond acceptors (Lipinski definition) is 4. The number of benzene rings is 2. The molecule has 8 heteroatoms. The van der Waals surface area contributed by atoms with Crippen LogP contribution in [0.5, 0.6) is 5.75 Å². The molecule has 5 nitrogen and oxygen atoms in total. The van der Waals surface area contributed by atoms with E-state index in [1.807, 2.05) is 18.2 Å². The van der Waals surface area contributed by atoms with Crippen molar-refractivity contribution in [2.24, 2.45) is 0 Å². The van der Waals surface area contributed by atoms with Gasteiger partial charge in [0.25, 0.3) is 5.91 Å². The minimum atomic E-state index is -0.213. The second kappa shape index (κ2) is 12.5. The standard InChI is InChI=1S/C19H24ClN3O2.2ClH/c1-23(14-8-4-3-5-9-14)11-7-6-10-22-19(24)15-12-16(20)17(21)13-18(15)25-2;;/h3-5,8-9,12-13H,6-7,10-11,21H2,1-2H3,(H,22,24);2*1H. The van der Waals surface area contributed by atoms with E-state index in [1.165, 1.54) is 18.9 Å². The lowest BCUT2D eigenvalue weighted by Gasteiger charge is -2.19. The highest BCUT2D eigenvalue weighted by molar-refractivity contribution is 6.33. The lowest BCUT2D eigenvalue weighted by atomic mass is 10.1. The molecule has 0 aliphatic carbocycles. The summed E-state index contributed by atoms with van der Waals surface area (Å²) in [6.07, 6.45) is 1.86. The Balaban J connectivity index is 0.00000338. The molecular weight excluding hydrogens is 409 g/mol. The molecule has 1 amide bonds. The molecule has 0 aliphatic heterocycles. The van der Waals surface area contributed by atoms with Crippen LogP contribution in [0, 0.1) is 0 Å². The number of nitrogens with one attached hydrogen (secondary N) is 1. The Morgan fingerprint density at radius 1 is 1.19 bits per heavy atom. The molecule has 0 spiro atoms. The van der Waals surface area contributed by atoms with Gasteiger partial charge >= 0.3 is 0 Å². The van der Waals surface area contributed by atoms with E-state index in [2.05, 4.69) is 29.4 Å². The van der Waals surface area contributed by atoms with Crippen LogP contribution in [0.15, 0.2) is 42.5 Å². The Morgan fingerprint density at radius 3 is 2.48 bits per heavy atom. The first-order valence-electron chi connectivity index (χ1n) is 8.20. The molecule has 0 aromatic heterocycles. The monoisotopic (exact) mass is 433 g/mol. The number of methoxy groups -OCH3 is 1. The van der Waals surface area contributed by atoms with Crippen molar-refractivity contribution in [2.75, 3.05) is 37.9 Å². The molecule has 150 valence electrons. The van der Waals surface area contributed by atoms with E-state index in [9.17, 15) is 4.79 Å². The topological polar surface area (TPSA) is 67.6 Å². The molecule has 0 fully saturated rings. The second-order valence-electron chi connectivity index (χ2n) is 5.79. The van der Waals surface area contributed by atoms with Crippen LogP contribution in [-0.2, 0) is 0 Å². The van der Waals surface area contributed by atoms with Gasteiger partial charge in [0.2, 0.25) is 0 Å². The molecule has 0 unspecified atom stereocenters. The van der Waals surface area contributed by atoms with Crippen molar-refractivity contribution in [1.29, 1.82) is 0 Å². The van der Waals surface area contributed by atoms with Crippen LogP contribution in [0.1, 0.15) is 23.2 Å². The summed E-state index contributed by atoms with van der Waals surface area (Å²) in [5.74, 6) is 0.207. The number of nitrogens with two attached hydrogens (primary N) is 1. The van der Waals surface area contributed by atoms with Gasteiger partial charge in [-0.05, 0) is 31.0 Å². The number of carbonyl (C=O) groups is 1. The van der Waals surface area contributed by atoms with Crippen LogP contribution in [-0.4, -0.2) is 33.2 Å². The quantitative estimate of drug-likeness (QED) is 0.477. The first-order chi connectivity index (χ1) is 12.0. The molecular formula is C19H26Cl3N3O2. The van der Waals surface area contributed by atoms with Crippen molar-refractivity contribution >= 4 is 53.7 Å². The summed E-state index contributed by atoms with van der Waals surface area (Å²) in [7, 11) is 3.56. The molecule has 0 aliphatic rings. The molecule has 0 bridgehead atoms. The number of rotatable bonds is 8. The summed E-state index contributed by atoms with van der Waals surface area (Å²) >= 11 is 6.00. The van der Waals surface area contributed by atoms with Crippen molar-refractivity contribution in [3.8, 4) is 5.75 Å². The maximum Gasteiger partial charge on any atom is 0.255 e. The van der Waals surface area contributed by atoms with Gasteiger partial charge in [-0.15, -0.1) is 24.8 Å². The summed E-state index contributed by atoms with van der Waals surface area (Å²) in [6, 6.07) is 13.3. The third-order valence-corrected chi connectivity index (χ3v) is 4.29. The van der Waals surface area contributed by atoms with Gasteiger partial charge in [0.1, 0.15) is 5.75 Å². The Kier molecular flexibility index (Phi) is 11.7. The fourth-order valence-corrected chi connectivity index (χ4v) is 2.66. The summed E-state index contributed by atoms with van der Waals surface area (Å²) in [5, 5.41) is 3.24. The van der Waals surface area contributed by atoms with Crippen molar-refractivity contribution < 1.29 is 9.53 Å². The van der Waals surface area contributed by atoms with E-state index in [4.69, 9.17) is 22.1 Å². The molecule has 0 atom stereocenters. The fourth-order valence-electron chi connectivity index (χ4n) is 2.50. The molecule has 0 saturated carbocycles. The summed E-state index contributed by atoms with van der Waals surface area (Å²) in [5.41, 5.74) is 7.70. The van der Waals surface area contributed by atoms with E-state index < -0.39 is 0 Å². The van der Waals surface area contributed by atoms with Gasteiger partial charge in [0.15, 0.2) is 0 Å². The van der Waals surface area contributed by atoms with Crippen LogP contribution in [0.3, 0.4) is 0 Å². The Bertz CT molecular complexity index is 715. The summed E-state index contributed by atoms with van der Waals surface area (Å²) in [4.78, 5) is 14.5. The number of anilines is 2. The van der Waals surface area contributed by atoms with E-state index >= 15 is 0 Å². The highest BCUT2D eigenvalue weighted by Crippen LogP contribution is 2.28. The predicted octanol–water partition coefficient (Wildman–Crippen LogP) is 4.42. The molecule has 0 saturated heterocycles. The van der Waals surface area contributed by atoms with Gasteiger partial charge in [-0.3, -0.25) is 4.79 Å².